The summed E-state index contributed by atoms with van der Waals surface area (Å²) in [4.78, 5) is 26.7. The Morgan fingerprint density at radius 3 is 2.81 bits per heavy atom. The number of furan rings is 1. The summed E-state index contributed by atoms with van der Waals surface area (Å²) in [6, 6.07) is 9.16. The number of amides is 2. The highest BCUT2D eigenvalue weighted by Crippen LogP contribution is 2.17. The number of piperazine rings is 1. The van der Waals surface area contributed by atoms with Crippen LogP contribution in [0.4, 0.5) is 0 Å². The van der Waals surface area contributed by atoms with Crippen molar-refractivity contribution in [3.63, 3.8) is 0 Å². The number of hydrogen-bond donors (Lipinski definition) is 2. The van der Waals surface area contributed by atoms with Crippen LogP contribution in [-0.4, -0.2) is 42.5 Å². The van der Waals surface area contributed by atoms with E-state index < -0.39 is 6.04 Å². The van der Waals surface area contributed by atoms with E-state index in [2.05, 4.69) is 10.6 Å². The number of carbonyl (C=O) groups is 2. The predicted molar refractivity (Wildman–Crippen MR) is 100.0 cm³/mol. The normalized spacial score (nSPS) is 17.4. The highest BCUT2D eigenvalue weighted by Gasteiger charge is 2.31. The van der Waals surface area contributed by atoms with Crippen molar-refractivity contribution < 1.29 is 18.7 Å². The van der Waals surface area contributed by atoms with Crippen LogP contribution in [0.1, 0.15) is 24.5 Å². The van der Waals surface area contributed by atoms with E-state index >= 15 is 0 Å². The van der Waals surface area contributed by atoms with Crippen molar-refractivity contribution in [1.29, 1.82) is 0 Å². The van der Waals surface area contributed by atoms with E-state index in [1.54, 1.807) is 18.6 Å². The van der Waals surface area contributed by atoms with Crippen LogP contribution in [0.3, 0.4) is 0 Å². The third-order valence-corrected chi connectivity index (χ3v) is 4.51. The molecule has 1 atom stereocenters. The fraction of sp³-hybridized carbons (Fsp3) is 0.400. The van der Waals surface area contributed by atoms with Crippen LogP contribution in [-0.2, 0) is 22.7 Å². The van der Waals surface area contributed by atoms with Crippen LogP contribution in [0.2, 0.25) is 0 Å². The molecule has 3 rings (SSSR count). The van der Waals surface area contributed by atoms with E-state index in [1.807, 2.05) is 36.1 Å². The van der Waals surface area contributed by atoms with Gasteiger partial charge in [0.05, 0.1) is 31.6 Å². The summed E-state index contributed by atoms with van der Waals surface area (Å²) in [5.41, 5.74) is 1.97. The molecular weight excluding hydrogens is 346 g/mol. The minimum absolute atomic E-state index is 0.106. The van der Waals surface area contributed by atoms with E-state index in [-0.39, 0.29) is 18.2 Å². The van der Waals surface area contributed by atoms with Gasteiger partial charge in [0.15, 0.2) is 0 Å². The van der Waals surface area contributed by atoms with Gasteiger partial charge >= 0.3 is 0 Å². The number of carbonyl (C=O) groups excluding carboxylic acids is 2. The van der Waals surface area contributed by atoms with Gasteiger partial charge in [-0.2, -0.15) is 0 Å². The molecule has 27 heavy (non-hydrogen) atoms. The van der Waals surface area contributed by atoms with Gasteiger partial charge in [0.2, 0.25) is 11.8 Å². The van der Waals surface area contributed by atoms with Gasteiger partial charge in [-0.15, -0.1) is 0 Å². The molecule has 1 fully saturated rings. The first-order chi connectivity index (χ1) is 13.2. The largest absolute Gasteiger partial charge is 0.494 e. The molecule has 7 heteroatoms. The molecule has 0 aliphatic carbocycles. The van der Waals surface area contributed by atoms with Gasteiger partial charge < -0.3 is 19.8 Å². The molecule has 1 aromatic heterocycles. The number of ether oxygens (including phenoxy) is 1. The highest BCUT2D eigenvalue weighted by atomic mass is 16.5. The molecule has 1 aliphatic rings. The Hall–Kier alpha value is -2.80. The minimum Gasteiger partial charge on any atom is -0.494 e. The molecule has 0 unspecified atom stereocenters. The van der Waals surface area contributed by atoms with Crippen molar-refractivity contribution in [3.05, 3.63) is 54.0 Å². The van der Waals surface area contributed by atoms with E-state index in [0.717, 1.165) is 16.9 Å². The lowest BCUT2D eigenvalue weighted by molar-refractivity contribution is -0.134. The number of nitrogens with zero attached hydrogens (tertiary/aromatic N) is 1. The maximum atomic E-state index is 12.3. The first-order valence-corrected chi connectivity index (χ1v) is 9.17. The zero-order valence-electron chi connectivity index (χ0n) is 15.4. The van der Waals surface area contributed by atoms with Crippen LogP contribution < -0.4 is 15.4 Å². The number of rotatable bonds is 8. The Kier molecular flexibility index (Phi) is 6.49. The summed E-state index contributed by atoms with van der Waals surface area (Å²) in [6.07, 6.45) is 3.28. The standard InChI is InChI=1S/C20H25N3O4/c1-2-27-17-5-3-15(4-6-17)13-23-9-8-21-20(25)18(23)11-19(24)22-12-16-7-10-26-14-16/h3-7,10,14,18H,2,8-9,11-13H2,1H3,(H,21,25)(H,22,24)/t18-/m0/s1. The maximum absolute atomic E-state index is 12.3. The van der Waals surface area contributed by atoms with Crippen LogP contribution in [0.25, 0.3) is 0 Å². The molecule has 2 amide bonds. The zero-order chi connectivity index (χ0) is 19.1. The second-order valence-corrected chi connectivity index (χ2v) is 6.47. The van der Waals surface area contributed by atoms with E-state index in [9.17, 15) is 9.59 Å². The van der Waals surface area contributed by atoms with Gasteiger partial charge in [-0.1, -0.05) is 12.1 Å². The fourth-order valence-corrected chi connectivity index (χ4v) is 3.11. The first kappa shape index (κ1) is 19.0. The average Bonchev–Trinajstić information content (AvgIpc) is 3.18. The first-order valence-electron chi connectivity index (χ1n) is 9.17. The van der Waals surface area contributed by atoms with E-state index in [1.165, 1.54) is 0 Å². The Bertz CT molecular complexity index is 743. The molecule has 2 aromatic rings. The van der Waals surface area contributed by atoms with Crippen molar-refractivity contribution in [2.45, 2.75) is 32.5 Å². The molecule has 7 nitrogen and oxygen atoms in total. The Morgan fingerprint density at radius 2 is 2.11 bits per heavy atom. The fourth-order valence-electron chi connectivity index (χ4n) is 3.11. The van der Waals surface area contributed by atoms with E-state index in [4.69, 9.17) is 9.15 Å². The zero-order valence-corrected chi connectivity index (χ0v) is 15.4. The van der Waals surface area contributed by atoms with Crippen molar-refractivity contribution in [2.24, 2.45) is 0 Å². The quantitative estimate of drug-likeness (QED) is 0.738. The summed E-state index contributed by atoms with van der Waals surface area (Å²) in [7, 11) is 0. The molecule has 1 aliphatic heterocycles. The lowest BCUT2D eigenvalue weighted by Crippen LogP contribution is -2.56. The Labute approximate surface area is 158 Å². The SMILES string of the molecule is CCOc1ccc(CN2CCNC(=O)[C@@H]2CC(=O)NCc2ccoc2)cc1. The van der Waals surface area contributed by atoms with Gasteiger partial charge in [0, 0.05) is 31.7 Å². The van der Waals surface area contributed by atoms with Crippen LogP contribution in [0.5, 0.6) is 5.75 Å². The van der Waals surface area contributed by atoms with Gasteiger partial charge in [-0.25, -0.2) is 0 Å². The third kappa shape index (κ3) is 5.34. The van der Waals surface area contributed by atoms with Crippen molar-refractivity contribution in [2.75, 3.05) is 19.7 Å². The van der Waals surface area contributed by atoms with Gasteiger partial charge in [-0.05, 0) is 30.7 Å². The maximum Gasteiger partial charge on any atom is 0.237 e. The third-order valence-electron chi connectivity index (χ3n) is 4.51. The summed E-state index contributed by atoms with van der Waals surface area (Å²) in [6.45, 7) is 4.87. The highest BCUT2D eigenvalue weighted by molar-refractivity contribution is 5.88. The molecule has 0 radical (unpaired) electrons. The summed E-state index contributed by atoms with van der Waals surface area (Å²) in [5, 5.41) is 5.69. The molecule has 144 valence electrons. The molecule has 2 N–H and O–H groups in total. The number of hydrogen-bond acceptors (Lipinski definition) is 5. The molecule has 2 heterocycles. The molecule has 0 spiro atoms. The number of nitrogens with one attached hydrogen (secondary N) is 2. The number of benzene rings is 1. The second kappa shape index (κ2) is 9.23. The van der Waals surface area contributed by atoms with Gasteiger partial charge in [0.1, 0.15) is 5.75 Å². The van der Waals surface area contributed by atoms with Crippen LogP contribution >= 0.6 is 0 Å². The Balaban J connectivity index is 1.58. The van der Waals surface area contributed by atoms with E-state index in [0.29, 0.717) is 32.8 Å². The monoisotopic (exact) mass is 371 g/mol. The summed E-state index contributed by atoms with van der Waals surface area (Å²) < 4.78 is 10.5. The molecule has 1 saturated heterocycles. The molecular formula is C20H25N3O4. The van der Waals surface area contributed by atoms with Gasteiger partial charge in [0.25, 0.3) is 0 Å². The summed E-state index contributed by atoms with van der Waals surface area (Å²) >= 11 is 0. The van der Waals surface area contributed by atoms with Crippen LogP contribution in [0, 0.1) is 0 Å². The van der Waals surface area contributed by atoms with Crippen LogP contribution in [0.15, 0.2) is 47.3 Å². The Morgan fingerprint density at radius 1 is 1.30 bits per heavy atom. The lowest BCUT2D eigenvalue weighted by atomic mass is 10.1. The van der Waals surface area contributed by atoms with Crippen molar-refractivity contribution >= 4 is 11.8 Å². The molecule has 0 bridgehead atoms. The molecule has 1 aromatic carbocycles. The van der Waals surface area contributed by atoms with Crippen molar-refractivity contribution in [3.8, 4) is 5.75 Å². The smallest absolute Gasteiger partial charge is 0.237 e. The van der Waals surface area contributed by atoms with Gasteiger partial charge in [-0.3, -0.25) is 14.5 Å². The minimum atomic E-state index is -0.477. The van der Waals surface area contributed by atoms with Crippen molar-refractivity contribution in [1.82, 2.24) is 15.5 Å². The topological polar surface area (TPSA) is 83.8 Å². The second-order valence-electron chi connectivity index (χ2n) is 6.47. The molecule has 0 saturated carbocycles. The predicted octanol–water partition coefficient (Wildman–Crippen LogP) is 1.69. The summed E-state index contributed by atoms with van der Waals surface area (Å²) in [5.74, 6) is 0.563. The lowest BCUT2D eigenvalue weighted by Gasteiger charge is -2.34. The average molecular weight is 371 g/mol.